The van der Waals surface area contributed by atoms with Crippen LogP contribution in [0.1, 0.15) is 40.7 Å². The third-order valence-corrected chi connectivity index (χ3v) is 5.47. The van der Waals surface area contributed by atoms with Crippen LogP contribution in [-0.2, 0) is 0 Å². The van der Waals surface area contributed by atoms with Crippen LogP contribution in [0.15, 0.2) is 42.5 Å². The smallest absolute Gasteiger partial charge is 0.177 e. The van der Waals surface area contributed by atoms with Gasteiger partial charge in [0, 0.05) is 5.56 Å². The van der Waals surface area contributed by atoms with Gasteiger partial charge in [-0.15, -0.1) is 0 Å². The molecule has 2 aromatic rings. The summed E-state index contributed by atoms with van der Waals surface area (Å²) in [5, 5.41) is 9.86. The van der Waals surface area contributed by atoms with Crippen LogP contribution >= 0.6 is 11.8 Å². The number of hydrogen-bond donors (Lipinski definition) is 3. The highest BCUT2D eigenvalue weighted by Crippen LogP contribution is 2.34. The molecule has 0 amide bonds. The summed E-state index contributed by atoms with van der Waals surface area (Å²) < 4.78 is 5.70. The third-order valence-electron chi connectivity index (χ3n) is 4.61. The van der Waals surface area contributed by atoms with Gasteiger partial charge in [-0.25, -0.2) is 5.01 Å². The number of Topliss-reactive ketones (excluding diaryl/α,β-unsaturated/α-hetero) is 1. The van der Waals surface area contributed by atoms with Crippen molar-refractivity contribution >= 4 is 28.4 Å². The number of fused-ring (bicyclic) bond motifs is 1. The molecule has 3 rings (SSSR count). The number of hydrazine groups is 2. The maximum absolute atomic E-state index is 12.6. The van der Waals surface area contributed by atoms with Crippen LogP contribution in [0.4, 0.5) is 5.69 Å². The summed E-state index contributed by atoms with van der Waals surface area (Å²) in [5.74, 6) is 6.93. The van der Waals surface area contributed by atoms with E-state index in [1.807, 2.05) is 49.4 Å². The molecule has 1 unspecified atom stereocenters. The number of nitrogens with one attached hydrogen (secondary N) is 2. The van der Waals surface area contributed by atoms with E-state index in [1.165, 1.54) is 5.01 Å². The predicted octanol–water partition coefficient (Wildman–Crippen LogP) is 3.62. The van der Waals surface area contributed by atoms with E-state index in [0.717, 1.165) is 40.7 Å². The molecule has 1 heterocycles. The molecule has 0 fully saturated rings. The second kappa shape index (κ2) is 8.56. The van der Waals surface area contributed by atoms with Crippen LogP contribution in [0, 0.1) is 12.3 Å². The van der Waals surface area contributed by atoms with Crippen molar-refractivity contribution in [2.24, 2.45) is 5.84 Å². The number of ether oxygens (including phenoxy) is 1. The molecule has 1 aliphatic rings. The average molecular weight is 385 g/mol. The fraction of sp³-hybridized carbons (Fsp3) is 0.300. The number of amidine groups is 1. The van der Waals surface area contributed by atoms with E-state index in [1.54, 1.807) is 0 Å². The van der Waals surface area contributed by atoms with E-state index in [0.29, 0.717) is 18.1 Å². The molecular weight excluding hydrogens is 360 g/mol. The van der Waals surface area contributed by atoms with Gasteiger partial charge < -0.3 is 4.74 Å². The molecule has 0 radical (unpaired) electrons. The molecule has 7 heteroatoms. The zero-order valence-corrected chi connectivity index (χ0v) is 16.3. The van der Waals surface area contributed by atoms with E-state index >= 15 is 0 Å². The van der Waals surface area contributed by atoms with Crippen LogP contribution in [0.3, 0.4) is 0 Å². The van der Waals surface area contributed by atoms with Gasteiger partial charge in [0.15, 0.2) is 11.0 Å². The van der Waals surface area contributed by atoms with E-state index in [2.05, 4.69) is 12.5 Å². The monoisotopic (exact) mass is 384 g/mol. The summed E-state index contributed by atoms with van der Waals surface area (Å²) in [5.41, 5.74) is 6.07. The number of anilines is 1. The Morgan fingerprint density at radius 2 is 2.19 bits per heavy atom. The number of nitrogens with two attached hydrogens (primary N) is 1. The lowest BCUT2D eigenvalue weighted by molar-refractivity contribution is 0.102. The fourth-order valence-corrected chi connectivity index (χ4v) is 3.76. The molecular formula is C20H24N4O2S. The van der Waals surface area contributed by atoms with Crippen LogP contribution in [0.25, 0.3) is 0 Å². The molecule has 0 aromatic heterocycles. The van der Waals surface area contributed by atoms with Gasteiger partial charge >= 0.3 is 0 Å². The molecule has 6 nitrogen and oxygen atoms in total. The van der Waals surface area contributed by atoms with Crippen molar-refractivity contribution in [2.45, 2.75) is 26.2 Å². The molecule has 0 bridgehead atoms. The minimum atomic E-state index is -0.0457. The maximum atomic E-state index is 12.6. The second-order valence-corrected chi connectivity index (χ2v) is 7.58. The number of hydrogen-bond acceptors (Lipinski definition) is 6. The molecule has 2 aromatic carbocycles. The van der Waals surface area contributed by atoms with Crippen LogP contribution < -0.4 is 21.1 Å². The summed E-state index contributed by atoms with van der Waals surface area (Å²) in [4.78, 5) is 12.6. The Hall–Kier alpha value is -2.35. The normalized spacial score (nSPS) is 15.6. The van der Waals surface area contributed by atoms with E-state index in [4.69, 9.17) is 16.0 Å². The number of nitrogens with zero attached hydrogens (tertiary/aromatic N) is 1. The number of benzene rings is 2. The Kier molecular flexibility index (Phi) is 6.15. The molecule has 142 valence electrons. The van der Waals surface area contributed by atoms with Crippen LogP contribution in [-0.4, -0.2) is 23.3 Å². The molecule has 0 saturated heterocycles. The van der Waals surface area contributed by atoms with Crippen molar-refractivity contribution in [3.63, 3.8) is 0 Å². The Morgan fingerprint density at radius 1 is 1.37 bits per heavy atom. The molecule has 27 heavy (non-hydrogen) atoms. The molecule has 0 spiro atoms. The number of thioether (sulfide) groups is 1. The van der Waals surface area contributed by atoms with Gasteiger partial charge in [-0.1, -0.05) is 43.0 Å². The third kappa shape index (κ3) is 4.50. The Labute approximate surface area is 163 Å². The van der Waals surface area contributed by atoms with Gasteiger partial charge in [-0.2, -0.15) is 5.53 Å². The fourth-order valence-electron chi connectivity index (χ4n) is 3.04. The Balaban J connectivity index is 1.65. The first-order valence-corrected chi connectivity index (χ1v) is 9.82. The summed E-state index contributed by atoms with van der Waals surface area (Å²) in [6.07, 6.45) is 0.994. The highest BCUT2D eigenvalue weighted by molar-refractivity contribution is 8.14. The van der Waals surface area contributed by atoms with Gasteiger partial charge in [0.1, 0.15) is 5.75 Å². The van der Waals surface area contributed by atoms with Crippen molar-refractivity contribution in [1.29, 1.82) is 5.41 Å². The van der Waals surface area contributed by atoms with E-state index in [9.17, 15) is 4.79 Å². The number of rotatable bonds is 5. The topological polar surface area (TPSA) is 91.4 Å². The Morgan fingerprint density at radius 3 is 2.93 bits per heavy atom. The van der Waals surface area contributed by atoms with E-state index < -0.39 is 0 Å². The molecule has 1 aliphatic heterocycles. The summed E-state index contributed by atoms with van der Waals surface area (Å²) >= 11 is 1.13. The zero-order chi connectivity index (χ0) is 19.4. The van der Waals surface area contributed by atoms with Gasteiger partial charge in [0.2, 0.25) is 0 Å². The quantitative estimate of drug-likeness (QED) is 0.240. The second-order valence-electron chi connectivity index (χ2n) is 6.61. The zero-order valence-electron chi connectivity index (χ0n) is 15.5. The standard InChI is InChI=1S/C20H24N4O2S/c1-13-4-3-5-16(10-13)24(23-22)20(21)27-12-18(25)15-6-7-17-14(2)8-9-26-19(17)11-15/h3-7,10-11,14,21,23H,8-9,12,22H2,1-2H3. The lowest BCUT2D eigenvalue weighted by atomic mass is 9.93. The summed E-state index contributed by atoms with van der Waals surface area (Å²) in [6.45, 7) is 4.82. The number of carbonyl (C=O) groups is 1. The lowest BCUT2D eigenvalue weighted by Crippen LogP contribution is -2.46. The largest absolute Gasteiger partial charge is 0.493 e. The summed E-state index contributed by atoms with van der Waals surface area (Å²) in [7, 11) is 0. The van der Waals surface area contributed by atoms with Crippen molar-refractivity contribution < 1.29 is 9.53 Å². The lowest BCUT2D eigenvalue weighted by Gasteiger charge is -2.24. The minimum absolute atomic E-state index is 0.0457. The maximum Gasteiger partial charge on any atom is 0.177 e. The van der Waals surface area contributed by atoms with Gasteiger partial charge in [-0.05, 0) is 48.6 Å². The number of aryl methyl sites for hydroxylation is 1. The highest BCUT2D eigenvalue weighted by Gasteiger charge is 2.20. The van der Waals surface area contributed by atoms with Crippen molar-refractivity contribution in [3.8, 4) is 5.75 Å². The average Bonchev–Trinajstić information content (AvgIpc) is 2.66. The van der Waals surface area contributed by atoms with Crippen LogP contribution in [0.2, 0.25) is 0 Å². The van der Waals surface area contributed by atoms with Crippen molar-refractivity contribution in [3.05, 3.63) is 59.2 Å². The first-order chi connectivity index (χ1) is 13.0. The first kappa shape index (κ1) is 19.4. The molecule has 4 N–H and O–H groups in total. The SMILES string of the molecule is Cc1cccc(N(NN)C(=N)SCC(=O)c2ccc3c(c2)OCCC3C)c1. The first-order valence-electron chi connectivity index (χ1n) is 8.84. The van der Waals surface area contributed by atoms with Crippen molar-refractivity contribution in [2.75, 3.05) is 17.4 Å². The van der Waals surface area contributed by atoms with Crippen molar-refractivity contribution in [1.82, 2.24) is 5.53 Å². The van der Waals surface area contributed by atoms with Crippen LogP contribution in [0.5, 0.6) is 5.75 Å². The molecule has 1 atom stereocenters. The van der Waals surface area contributed by atoms with Gasteiger partial charge in [0.05, 0.1) is 18.0 Å². The number of ketones is 1. The molecule has 0 aliphatic carbocycles. The van der Waals surface area contributed by atoms with E-state index in [-0.39, 0.29) is 16.7 Å². The molecule has 0 saturated carbocycles. The number of carbonyl (C=O) groups excluding carboxylic acids is 1. The Bertz CT molecular complexity index is 856. The van der Waals surface area contributed by atoms with Gasteiger partial charge in [-0.3, -0.25) is 16.0 Å². The predicted molar refractivity (Wildman–Crippen MR) is 110 cm³/mol. The summed E-state index contributed by atoms with van der Waals surface area (Å²) in [6, 6.07) is 13.3. The van der Waals surface area contributed by atoms with Gasteiger partial charge in [0.25, 0.3) is 0 Å². The highest BCUT2D eigenvalue weighted by atomic mass is 32.2. The minimum Gasteiger partial charge on any atom is -0.493 e.